The molecule has 144 valence electrons. The molecule has 27 heavy (non-hydrogen) atoms. The van der Waals surface area contributed by atoms with Gasteiger partial charge in [0.15, 0.2) is 0 Å². The molecule has 10 heteroatoms. The second-order valence-electron chi connectivity index (χ2n) is 5.72. The van der Waals surface area contributed by atoms with Gasteiger partial charge in [-0.05, 0) is 24.3 Å². The first kappa shape index (κ1) is 20.0. The summed E-state index contributed by atoms with van der Waals surface area (Å²) in [6, 6.07) is 7.99. The van der Waals surface area contributed by atoms with Gasteiger partial charge in [-0.25, -0.2) is 12.8 Å². The summed E-state index contributed by atoms with van der Waals surface area (Å²) in [6.45, 7) is 0.861. The van der Waals surface area contributed by atoms with Gasteiger partial charge in [0.2, 0.25) is 10.0 Å². The lowest BCUT2D eigenvalue weighted by Gasteiger charge is -2.26. The predicted octanol–water partition coefficient (Wildman–Crippen LogP) is 3.41. The Kier molecular flexibility index (Phi) is 6.02. The van der Waals surface area contributed by atoms with Crippen molar-refractivity contribution in [2.45, 2.75) is 4.90 Å². The van der Waals surface area contributed by atoms with Gasteiger partial charge < -0.3 is 10.1 Å². The lowest BCUT2D eigenvalue weighted by atomic mass is 10.2. The summed E-state index contributed by atoms with van der Waals surface area (Å²) >= 11 is 12.1. The number of halogens is 3. The second kappa shape index (κ2) is 8.12. The number of carbonyl (C=O) groups excluding carboxylic acids is 1. The van der Waals surface area contributed by atoms with Gasteiger partial charge in [0.25, 0.3) is 5.91 Å². The van der Waals surface area contributed by atoms with Crippen molar-refractivity contribution in [3.05, 3.63) is 57.8 Å². The molecule has 3 rings (SSSR count). The zero-order valence-electron chi connectivity index (χ0n) is 13.9. The number of amides is 1. The average molecular weight is 433 g/mol. The van der Waals surface area contributed by atoms with E-state index in [1.807, 2.05) is 0 Å². The Hall–Kier alpha value is -1.71. The summed E-state index contributed by atoms with van der Waals surface area (Å²) in [5.41, 5.74) is -0.0920. The van der Waals surface area contributed by atoms with Crippen molar-refractivity contribution in [2.24, 2.45) is 0 Å². The van der Waals surface area contributed by atoms with Gasteiger partial charge in [0.05, 0.1) is 28.9 Å². The third-order valence-corrected chi connectivity index (χ3v) is 6.80. The number of ether oxygens (including phenoxy) is 1. The molecule has 2 aromatic rings. The smallest absolute Gasteiger partial charge is 0.255 e. The highest BCUT2D eigenvalue weighted by atomic mass is 35.5. The Morgan fingerprint density at radius 1 is 1.15 bits per heavy atom. The Labute approximate surface area is 165 Å². The van der Waals surface area contributed by atoms with Crippen LogP contribution in [0, 0.1) is 5.82 Å². The number of rotatable bonds is 4. The molecule has 0 spiro atoms. The van der Waals surface area contributed by atoms with Gasteiger partial charge in [0, 0.05) is 18.7 Å². The zero-order valence-corrected chi connectivity index (χ0v) is 16.2. The van der Waals surface area contributed by atoms with E-state index >= 15 is 0 Å². The molecular weight excluding hydrogens is 418 g/mol. The van der Waals surface area contributed by atoms with E-state index in [1.54, 1.807) is 6.07 Å². The van der Waals surface area contributed by atoms with Crippen LogP contribution in [0.3, 0.4) is 0 Å². The fourth-order valence-electron chi connectivity index (χ4n) is 2.57. The quantitative estimate of drug-likeness (QED) is 0.802. The van der Waals surface area contributed by atoms with Gasteiger partial charge in [-0.3, -0.25) is 4.79 Å². The van der Waals surface area contributed by atoms with Crippen LogP contribution in [0.4, 0.5) is 10.1 Å². The van der Waals surface area contributed by atoms with Crippen molar-refractivity contribution < 1.29 is 22.3 Å². The Morgan fingerprint density at radius 3 is 2.48 bits per heavy atom. The average Bonchev–Trinajstić information content (AvgIpc) is 2.66. The maximum Gasteiger partial charge on any atom is 0.255 e. The van der Waals surface area contributed by atoms with Crippen LogP contribution >= 0.6 is 23.2 Å². The molecule has 1 fully saturated rings. The molecule has 1 aliphatic heterocycles. The van der Waals surface area contributed by atoms with Gasteiger partial charge in [-0.2, -0.15) is 4.31 Å². The van der Waals surface area contributed by atoms with Crippen LogP contribution in [0.1, 0.15) is 10.4 Å². The first-order chi connectivity index (χ1) is 12.8. The molecule has 1 saturated heterocycles. The third-order valence-electron chi connectivity index (χ3n) is 3.97. The van der Waals surface area contributed by atoms with Crippen molar-refractivity contribution in [1.82, 2.24) is 4.31 Å². The van der Waals surface area contributed by atoms with E-state index in [2.05, 4.69) is 5.32 Å². The molecule has 0 radical (unpaired) electrons. The monoisotopic (exact) mass is 432 g/mol. The van der Waals surface area contributed by atoms with Crippen LogP contribution in [-0.4, -0.2) is 44.9 Å². The Morgan fingerprint density at radius 2 is 1.81 bits per heavy atom. The number of benzene rings is 2. The number of hydrogen-bond donors (Lipinski definition) is 1. The number of hydrogen-bond acceptors (Lipinski definition) is 4. The molecule has 0 saturated carbocycles. The molecular formula is C17H15Cl2FN2O4S. The summed E-state index contributed by atoms with van der Waals surface area (Å²) in [5, 5.41) is 2.12. The molecule has 0 aromatic heterocycles. The molecule has 1 amide bonds. The first-order valence-electron chi connectivity index (χ1n) is 7.93. The molecule has 2 aromatic carbocycles. The largest absolute Gasteiger partial charge is 0.379 e. The molecule has 1 N–H and O–H groups in total. The lowest BCUT2D eigenvalue weighted by molar-refractivity contribution is 0.0730. The highest BCUT2D eigenvalue weighted by Crippen LogP contribution is 2.33. The molecule has 6 nitrogen and oxygen atoms in total. The number of morpholine rings is 1. The summed E-state index contributed by atoms with van der Waals surface area (Å²) < 4.78 is 45.9. The van der Waals surface area contributed by atoms with E-state index in [4.69, 9.17) is 27.9 Å². The van der Waals surface area contributed by atoms with Gasteiger partial charge >= 0.3 is 0 Å². The van der Waals surface area contributed by atoms with E-state index in [-0.39, 0.29) is 52.5 Å². The van der Waals surface area contributed by atoms with E-state index in [0.29, 0.717) is 0 Å². The van der Waals surface area contributed by atoms with E-state index in [1.165, 1.54) is 28.6 Å². The Bertz CT molecular complexity index is 979. The summed E-state index contributed by atoms with van der Waals surface area (Å²) in [5.74, 6) is -1.33. The molecule has 1 aliphatic rings. The number of nitrogens with one attached hydrogen (secondary N) is 1. The molecule has 0 bridgehead atoms. The van der Waals surface area contributed by atoms with E-state index < -0.39 is 21.7 Å². The first-order valence-corrected chi connectivity index (χ1v) is 10.1. The summed E-state index contributed by atoms with van der Waals surface area (Å²) in [6.07, 6.45) is 0. The van der Waals surface area contributed by atoms with Crippen LogP contribution in [0.2, 0.25) is 10.0 Å². The van der Waals surface area contributed by atoms with Crippen LogP contribution < -0.4 is 5.32 Å². The van der Waals surface area contributed by atoms with Crippen molar-refractivity contribution in [1.29, 1.82) is 0 Å². The van der Waals surface area contributed by atoms with Gasteiger partial charge in [-0.1, -0.05) is 35.3 Å². The Balaban J connectivity index is 1.96. The maximum atomic E-state index is 13.7. The van der Waals surface area contributed by atoms with Crippen molar-refractivity contribution in [3.63, 3.8) is 0 Å². The highest BCUT2D eigenvalue weighted by Gasteiger charge is 2.30. The lowest BCUT2D eigenvalue weighted by Crippen LogP contribution is -2.40. The minimum absolute atomic E-state index is 0.0360. The normalized spacial score (nSPS) is 15.5. The number of nitrogens with zero attached hydrogens (tertiary/aromatic N) is 1. The molecule has 0 atom stereocenters. The minimum atomic E-state index is -3.97. The fourth-order valence-corrected chi connectivity index (χ4v) is 4.76. The van der Waals surface area contributed by atoms with E-state index in [9.17, 15) is 17.6 Å². The maximum absolute atomic E-state index is 13.7. The number of sulfonamides is 1. The van der Waals surface area contributed by atoms with Crippen molar-refractivity contribution in [2.75, 3.05) is 31.6 Å². The summed E-state index contributed by atoms with van der Waals surface area (Å²) in [4.78, 5) is 12.2. The molecule has 1 heterocycles. The summed E-state index contributed by atoms with van der Waals surface area (Å²) in [7, 11) is -3.97. The fraction of sp³-hybridized carbons (Fsp3) is 0.235. The number of anilines is 1. The predicted molar refractivity (Wildman–Crippen MR) is 100 cm³/mol. The molecule has 0 aliphatic carbocycles. The standard InChI is InChI=1S/C17H15Cl2FN2O4S/c18-12-9-11(17(23)21-14-4-2-1-3-13(14)20)10-15(16(12)19)27(24,25)22-5-7-26-8-6-22/h1-4,9-10H,5-8H2,(H,21,23). The molecule has 0 unspecified atom stereocenters. The van der Waals surface area contributed by atoms with Crippen LogP contribution in [-0.2, 0) is 14.8 Å². The SMILES string of the molecule is O=C(Nc1ccccc1F)c1cc(Cl)c(Cl)c(S(=O)(=O)N2CCOCC2)c1. The number of carbonyl (C=O) groups is 1. The van der Waals surface area contributed by atoms with Crippen molar-refractivity contribution in [3.8, 4) is 0 Å². The van der Waals surface area contributed by atoms with Crippen LogP contribution in [0.5, 0.6) is 0 Å². The topological polar surface area (TPSA) is 75.7 Å². The van der Waals surface area contributed by atoms with Crippen LogP contribution in [0.15, 0.2) is 41.3 Å². The third kappa shape index (κ3) is 4.25. The number of para-hydroxylation sites is 1. The minimum Gasteiger partial charge on any atom is -0.379 e. The van der Waals surface area contributed by atoms with Gasteiger partial charge in [0.1, 0.15) is 10.7 Å². The highest BCUT2D eigenvalue weighted by molar-refractivity contribution is 7.89. The van der Waals surface area contributed by atoms with Crippen LogP contribution in [0.25, 0.3) is 0 Å². The van der Waals surface area contributed by atoms with Gasteiger partial charge in [-0.15, -0.1) is 0 Å². The van der Waals surface area contributed by atoms with E-state index in [0.717, 1.165) is 6.07 Å². The zero-order chi connectivity index (χ0) is 19.6. The second-order valence-corrected chi connectivity index (χ2v) is 8.41. The van der Waals surface area contributed by atoms with Crippen molar-refractivity contribution >= 4 is 44.8 Å².